The van der Waals surface area contributed by atoms with Crippen molar-refractivity contribution in [3.8, 4) is 0 Å². The average molecular weight is 164 g/mol. The lowest BCUT2D eigenvalue weighted by Crippen LogP contribution is -2.15. The second-order valence-corrected chi connectivity index (χ2v) is 1.56. The van der Waals surface area contributed by atoms with Crippen LogP contribution in [-0.4, -0.2) is 45.7 Å². The first-order valence-corrected chi connectivity index (χ1v) is 2.83. The van der Waals surface area contributed by atoms with Crippen LogP contribution in [0.2, 0.25) is 0 Å². The molecule has 0 radical (unpaired) electrons. The maximum atomic E-state index is 9.25. The van der Waals surface area contributed by atoms with Gasteiger partial charge in [0.15, 0.2) is 0 Å². The summed E-state index contributed by atoms with van der Waals surface area (Å²) in [5, 5.41) is 31.6. The summed E-state index contributed by atoms with van der Waals surface area (Å²) >= 11 is 0. The van der Waals surface area contributed by atoms with Crippen molar-refractivity contribution in [2.75, 3.05) is 13.2 Å². The van der Waals surface area contributed by atoms with Crippen molar-refractivity contribution < 1.29 is 25.2 Å². The molecule has 4 N–H and O–H groups in total. The Morgan fingerprint density at radius 3 is 1.73 bits per heavy atom. The first kappa shape index (κ1) is 12.7. The number of aliphatic hydroxyl groups excluding tert-OH is 3. The highest BCUT2D eigenvalue weighted by molar-refractivity contribution is 5.78. The molecule has 5 heteroatoms. The average Bonchev–Trinajstić information content (AvgIpc) is 2.04. The standard InChI is InChI=1S/C3H8O3.C3H4O2/c4-1-3(6)2-5;1-2-3(4)5/h3-6H,1-2H2;2H,1H2,(H,4,5). The van der Waals surface area contributed by atoms with Crippen molar-refractivity contribution >= 4 is 5.97 Å². The van der Waals surface area contributed by atoms with E-state index in [1.165, 1.54) is 0 Å². The molecular weight excluding hydrogens is 152 g/mol. The molecule has 0 fully saturated rings. The molecule has 66 valence electrons. The van der Waals surface area contributed by atoms with Crippen LogP contribution in [0, 0.1) is 0 Å². The van der Waals surface area contributed by atoms with E-state index >= 15 is 0 Å². The molecule has 0 aromatic carbocycles. The van der Waals surface area contributed by atoms with Crippen molar-refractivity contribution in [2.24, 2.45) is 0 Å². The van der Waals surface area contributed by atoms with Gasteiger partial charge in [-0.05, 0) is 0 Å². The van der Waals surface area contributed by atoms with E-state index in [4.69, 9.17) is 20.4 Å². The van der Waals surface area contributed by atoms with Gasteiger partial charge < -0.3 is 20.4 Å². The molecule has 11 heavy (non-hydrogen) atoms. The smallest absolute Gasteiger partial charge is 0.327 e. The summed E-state index contributed by atoms with van der Waals surface area (Å²) in [5.74, 6) is -0.981. The molecule has 0 rings (SSSR count). The van der Waals surface area contributed by atoms with Gasteiger partial charge in [0.2, 0.25) is 0 Å². The van der Waals surface area contributed by atoms with Gasteiger partial charge in [-0.2, -0.15) is 0 Å². The van der Waals surface area contributed by atoms with Crippen molar-refractivity contribution in [2.45, 2.75) is 6.10 Å². The summed E-state index contributed by atoms with van der Waals surface area (Å²) in [4.78, 5) is 9.25. The van der Waals surface area contributed by atoms with Crippen LogP contribution in [0.15, 0.2) is 12.7 Å². The maximum Gasteiger partial charge on any atom is 0.327 e. The van der Waals surface area contributed by atoms with Crippen molar-refractivity contribution in [3.05, 3.63) is 12.7 Å². The number of hydrogen-bond donors (Lipinski definition) is 4. The zero-order chi connectivity index (χ0) is 9.28. The minimum absolute atomic E-state index is 0.365. The Labute approximate surface area is 64.2 Å². The molecule has 0 aliphatic carbocycles. The van der Waals surface area contributed by atoms with Crippen LogP contribution in [0.5, 0.6) is 0 Å². The van der Waals surface area contributed by atoms with Gasteiger partial charge in [0.05, 0.1) is 13.2 Å². The fourth-order valence-electron chi connectivity index (χ4n) is 0.0577. The Morgan fingerprint density at radius 2 is 1.73 bits per heavy atom. The zero-order valence-corrected chi connectivity index (χ0v) is 5.97. The molecule has 0 aromatic heterocycles. The summed E-state index contributed by atoms with van der Waals surface area (Å²) in [5.41, 5.74) is 0. The van der Waals surface area contributed by atoms with Gasteiger partial charge in [0, 0.05) is 6.08 Å². The number of rotatable bonds is 3. The van der Waals surface area contributed by atoms with Gasteiger partial charge in [0.1, 0.15) is 6.10 Å². The van der Waals surface area contributed by atoms with Gasteiger partial charge in [-0.3, -0.25) is 0 Å². The Morgan fingerprint density at radius 1 is 1.45 bits per heavy atom. The van der Waals surface area contributed by atoms with E-state index in [2.05, 4.69) is 6.58 Å². The van der Waals surface area contributed by atoms with Crippen molar-refractivity contribution in [1.29, 1.82) is 0 Å². The van der Waals surface area contributed by atoms with E-state index in [9.17, 15) is 4.79 Å². The third-order valence-electron chi connectivity index (χ3n) is 0.596. The van der Waals surface area contributed by atoms with Crippen LogP contribution in [0.3, 0.4) is 0 Å². The third-order valence-corrected chi connectivity index (χ3v) is 0.596. The van der Waals surface area contributed by atoms with Crippen molar-refractivity contribution in [3.63, 3.8) is 0 Å². The normalized spacial score (nSPS) is 8.36. The summed E-state index contributed by atoms with van der Waals surface area (Å²) in [6.07, 6.45) is -0.120. The quantitative estimate of drug-likeness (QED) is 0.384. The minimum Gasteiger partial charge on any atom is -0.478 e. The largest absolute Gasteiger partial charge is 0.478 e. The van der Waals surface area contributed by atoms with Crippen LogP contribution in [0.4, 0.5) is 0 Å². The first-order valence-electron chi connectivity index (χ1n) is 2.83. The molecule has 0 amide bonds. The Kier molecular flexibility index (Phi) is 10.5. The molecule has 0 aliphatic rings. The molecule has 0 aliphatic heterocycles. The number of carbonyl (C=O) groups is 1. The van der Waals surface area contributed by atoms with Crippen LogP contribution >= 0.6 is 0 Å². The summed E-state index contributed by atoms with van der Waals surface area (Å²) in [7, 11) is 0. The Balaban J connectivity index is 0. The lowest BCUT2D eigenvalue weighted by atomic mass is 10.4. The van der Waals surface area contributed by atoms with Crippen LogP contribution in [0.25, 0.3) is 0 Å². The fourth-order valence-corrected chi connectivity index (χ4v) is 0.0577. The highest BCUT2D eigenvalue weighted by Crippen LogP contribution is 1.71. The number of aliphatic carboxylic acids is 1. The molecule has 0 saturated heterocycles. The first-order chi connectivity index (χ1) is 5.08. The number of aliphatic hydroxyl groups is 3. The van der Waals surface area contributed by atoms with Crippen LogP contribution in [-0.2, 0) is 4.79 Å². The third kappa shape index (κ3) is 17.6. The molecule has 0 spiro atoms. The molecule has 5 nitrogen and oxygen atoms in total. The van der Waals surface area contributed by atoms with Crippen molar-refractivity contribution in [1.82, 2.24) is 0 Å². The molecule has 0 heterocycles. The van der Waals surface area contributed by atoms with Crippen LogP contribution in [0.1, 0.15) is 0 Å². The van der Waals surface area contributed by atoms with Gasteiger partial charge in [-0.15, -0.1) is 0 Å². The predicted octanol–water partition coefficient (Wildman–Crippen LogP) is -1.41. The van der Waals surface area contributed by atoms with Gasteiger partial charge in [-0.25, -0.2) is 4.79 Å². The van der Waals surface area contributed by atoms with E-state index < -0.39 is 12.1 Å². The second-order valence-electron chi connectivity index (χ2n) is 1.56. The predicted molar refractivity (Wildman–Crippen MR) is 38.0 cm³/mol. The van der Waals surface area contributed by atoms with E-state index in [1.807, 2.05) is 0 Å². The molecule has 0 unspecified atom stereocenters. The molecule has 0 atom stereocenters. The lowest BCUT2D eigenvalue weighted by molar-refractivity contribution is -0.131. The summed E-state index contributed by atoms with van der Waals surface area (Å²) in [6.45, 7) is 2.23. The molecular formula is C6H12O5. The number of carboxylic acids is 1. The molecule has 0 bridgehead atoms. The Bertz CT molecular complexity index is 108. The SMILES string of the molecule is C=CC(=O)O.OCC(O)CO. The summed E-state index contributed by atoms with van der Waals surface area (Å²) in [6, 6.07) is 0. The van der Waals surface area contributed by atoms with E-state index in [1.54, 1.807) is 0 Å². The highest BCUT2D eigenvalue weighted by atomic mass is 16.4. The monoisotopic (exact) mass is 164 g/mol. The minimum atomic E-state index is -0.981. The fraction of sp³-hybridized carbons (Fsp3) is 0.500. The van der Waals surface area contributed by atoms with Crippen LogP contribution < -0.4 is 0 Å². The van der Waals surface area contributed by atoms with Gasteiger partial charge in [-0.1, -0.05) is 6.58 Å². The summed E-state index contributed by atoms with van der Waals surface area (Å²) < 4.78 is 0. The van der Waals surface area contributed by atoms with E-state index in [-0.39, 0.29) is 13.2 Å². The van der Waals surface area contributed by atoms with E-state index in [0.717, 1.165) is 6.08 Å². The molecule has 0 saturated carbocycles. The molecule has 0 aromatic rings. The van der Waals surface area contributed by atoms with Gasteiger partial charge in [0.25, 0.3) is 0 Å². The van der Waals surface area contributed by atoms with E-state index in [0.29, 0.717) is 0 Å². The Hall–Kier alpha value is -0.910. The topological polar surface area (TPSA) is 98.0 Å². The lowest BCUT2D eigenvalue weighted by Gasteiger charge is -1.96. The highest BCUT2D eigenvalue weighted by Gasteiger charge is 1.93. The number of carboxylic acid groups (broad SMARTS) is 1. The second kappa shape index (κ2) is 9.09. The maximum absolute atomic E-state index is 9.25. The zero-order valence-electron chi connectivity index (χ0n) is 5.97. The number of hydrogen-bond acceptors (Lipinski definition) is 4. The van der Waals surface area contributed by atoms with Gasteiger partial charge >= 0.3 is 5.97 Å².